The van der Waals surface area contributed by atoms with E-state index < -0.39 is 29.4 Å². The van der Waals surface area contributed by atoms with Crippen LogP contribution in [0.2, 0.25) is 0 Å². The summed E-state index contributed by atoms with van der Waals surface area (Å²) in [4.78, 5) is 12.5. The Hall–Kier alpha value is -1.60. The molecule has 20 heavy (non-hydrogen) atoms. The Morgan fingerprint density at radius 1 is 1.45 bits per heavy atom. The molecule has 1 aliphatic rings. The van der Waals surface area contributed by atoms with Gasteiger partial charge in [-0.05, 0) is 19.1 Å². The molecular formula is C13H14F3NO3. The first kappa shape index (κ1) is 14.8. The summed E-state index contributed by atoms with van der Waals surface area (Å²) in [6, 6.07) is 4.67. The van der Waals surface area contributed by atoms with Gasteiger partial charge in [-0.3, -0.25) is 4.79 Å². The lowest BCUT2D eigenvalue weighted by atomic mass is 9.78. The van der Waals surface area contributed by atoms with Gasteiger partial charge in [0.2, 0.25) is 0 Å². The Kier molecular flexibility index (Phi) is 3.75. The van der Waals surface area contributed by atoms with Crippen molar-refractivity contribution in [2.75, 3.05) is 13.2 Å². The minimum atomic E-state index is -4.86. The van der Waals surface area contributed by atoms with Crippen LogP contribution in [-0.2, 0) is 4.74 Å². The number of Topliss-reactive ketones (excluding diaryl/α,β-unsaturated/α-hetero) is 1. The highest BCUT2D eigenvalue weighted by Gasteiger charge is 2.46. The normalized spacial score (nSPS) is 26.6. The number of hydrogen-bond donors (Lipinski definition) is 1. The van der Waals surface area contributed by atoms with Gasteiger partial charge >= 0.3 is 6.36 Å². The molecule has 0 saturated carbocycles. The Morgan fingerprint density at radius 3 is 2.65 bits per heavy atom. The van der Waals surface area contributed by atoms with Gasteiger partial charge in [0.25, 0.3) is 0 Å². The van der Waals surface area contributed by atoms with Crippen LogP contribution in [0.25, 0.3) is 0 Å². The van der Waals surface area contributed by atoms with Crippen LogP contribution in [0.3, 0.4) is 0 Å². The van der Waals surface area contributed by atoms with Crippen molar-refractivity contribution in [3.05, 3.63) is 29.8 Å². The topological polar surface area (TPSA) is 61.5 Å². The van der Waals surface area contributed by atoms with E-state index in [1.54, 1.807) is 6.92 Å². The van der Waals surface area contributed by atoms with E-state index in [-0.39, 0.29) is 18.8 Å². The van der Waals surface area contributed by atoms with Gasteiger partial charge in [-0.2, -0.15) is 0 Å². The number of benzene rings is 1. The molecular weight excluding hydrogens is 275 g/mol. The van der Waals surface area contributed by atoms with E-state index in [9.17, 15) is 18.0 Å². The largest absolute Gasteiger partial charge is 0.573 e. The molecule has 0 aromatic heterocycles. The molecule has 1 saturated heterocycles. The fraction of sp³-hybridized carbons (Fsp3) is 0.462. The first-order valence-corrected chi connectivity index (χ1v) is 5.97. The average Bonchev–Trinajstić information content (AvgIpc) is 2.69. The van der Waals surface area contributed by atoms with E-state index >= 15 is 0 Å². The van der Waals surface area contributed by atoms with Crippen LogP contribution in [0.15, 0.2) is 24.3 Å². The standard InChI is InChI=1S/C13H14F3NO3/c1-12(7-19-6-10(12)17)11(18)8-4-2-3-5-9(8)20-13(14,15)16/h2-5,10H,6-7,17H2,1H3. The summed E-state index contributed by atoms with van der Waals surface area (Å²) in [7, 11) is 0. The van der Waals surface area contributed by atoms with Crippen molar-refractivity contribution >= 4 is 5.78 Å². The van der Waals surface area contributed by atoms with E-state index in [1.807, 2.05) is 0 Å². The van der Waals surface area contributed by atoms with Gasteiger partial charge in [0.1, 0.15) is 5.75 Å². The second-order valence-electron chi connectivity index (χ2n) is 4.91. The molecule has 0 amide bonds. The fourth-order valence-corrected chi connectivity index (χ4v) is 2.10. The van der Waals surface area contributed by atoms with E-state index in [0.29, 0.717) is 0 Å². The molecule has 1 heterocycles. The molecule has 4 nitrogen and oxygen atoms in total. The van der Waals surface area contributed by atoms with Crippen LogP contribution < -0.4 is 10.5 Å². The van der Waals surface area contributed by atoms with Crippen molar-refractivity contribution in [1.29, 1.82) is 0 Å². The lowest BCUT2D eigenvalue weighted by molar-refractivity contribution is -0.274. The molecule has 1 aromatic carbocycles. The van der Waals surface area contributed by atoms with Gasteiger partial charge in [-0.25, -0.2) is 0 Å². The zero-order valence-electron chi connectivity index (χ0n) is 10.7. The summed E-state index contributed by atoms with van der Waals surface area (Å²) in [6.07, 6.45) is -4.86. The van der Waals surface area contributed by atoms with Crippen molar-refractivity contribution in [3.63, 3.8) is 0 Å². The molecule has 1 fully saturated rings. The molecule has 7 heteroatoms. The van der Waals surface area contributed by atoms with E-state index in [0.717, 1.165) is 6.07 Å². The second-order valence-corrected chi connectivity index (χ2v) is 4.91. The highest BCUT2D eigenvalue weighted by Crippen LogP contribution is 2.35. The smallest absolute Gasteiger partial charge is 0.405 e. The lowest BCUT2D eigenvalue weighted by Crippen LogP contribution is -2.44. The van der Waals surface area contributed by atoms with Crippen molar-refractivity contribution in [2.45, 2.75) is 19.3 Å². The molecule has 0 aliphatic carbocycles. The minimum Gasteiger partial charge on any atom is -0.405 e. The van der Waals surface area contributed by atoms with Crippen molar-refractivity contribution in [2.24, 2.45) is 11.1 Å². The summed E-state index contributed by atoms with van der Waals surface area (Å²) < 4.78 is 46.1. The van der Waals surface area contributed by atoms with E-state index in [4.69, 9.17) is 10.5 Å². The molecule has 0 radical (unpaired) electrons. The molecule has 1 aliphatic heterocycles. The summed E-state index contributed by atoms with van der Waals surface area (Å²) in [5.74, 6) is -1.03. The highest BCUT2D eigenvalue weighted by atomic mass is 19.4. The Morgan fingerprint density at radius 2 is 2.10 bits per heavy atom. The Labute approximate surface area is 113 Å². The number of rotatable bonds is 3. The summed E-state index contributed by atoms with van der Waals surface area (Å²) in [6.45, 7) is 1.86. The van der Waals surface area contributed by atoms with Crippen LogP contribution >= 0.6 is 0 Å². The SMILES string of the molecule is CC1(C(=O)c2ccccc2OC(F)(F)F)COCC1N. The quantitative estimate of drug-likeness (QED) is 0.866. The van der Waals surface area contributed by atoms with Gasteiger partial charge in [-0.1, -0.05) is 12.1 Å². The Balaban J connectivity index is 2.35. The predicted molar refractivity (Wildman–Crippen MR) is 64.4 cm³/mol. The molecule has 0 spiro atoms. The van der Waals surface area contributed by atoms with Crippen LogP contribution in [0.1, 0.15) is 17.3 Å². The molecule has 2 atom stereocenters. The third-order valence-corrected chi connectivity index (χ3v) is 3.39. The van der Waals surface area contributed by atoms with Crippen molar-refractivity contribution in [1.82, 2.24) is 0 Å². The number of carbonyl (C=O) groups excluding carboxylic acids is 1. The van der Waals surface area contributed by atoms with Crippen LogP contribution in [-0.4, -0.2) is 31.4 Å². The first-order valence-electron chi connectivity index (χ1n) is 5.97. The lowest BCUT2D eigenvalue weighted by Gasteiger charge is -2.26. The number of ether oxygens (including phenoxy) is 2. The molecule has 2 unspecified atom stereocenters. The van der Waals surface area contributed by atoms with Gasteiger partial charge in [0, 0.05) is 6.04 Å². The summed E-state index contributed by atoms with van der Waals surface area (Å²) in [5.41, 5.74) is 4.62. The van der Waals surface area contributed by atoms with Crippen molar-refractivity contribution in [3.8, 4) is 5.75 Å². The van der Waals surface area contributed by atoms with E-state index in [2.05, 4.69) is 4.74 Å². The number of hydrogen-bond acceptors (Lipinski definition) is 4. The molecule has 0 bridgehead atoms. The third-order valence-electron chi connectivity index (χ3n) is 3.39. The summed E-state index contributed by atoms with van der Waals surface area (Å²) >= 11 is 0. The molecule has 2 rings (SSSR count). The Bertz CT molecular complexity index is 518. The second kappa shape index (κ2) is 5.06. The number of halogens is 3. The molecule has 2 N–H and O–H groups in total. The van der Waals surface area contributed by atoms with Crippen LogP contribution in [0.4, 0.5) is 13.2 Å². The minimum absolute atomic E-state index is 0.0767. The zero-order valence-corrected chi connectivity index (χ0v) is 10.7. The number of alkyl halides is 3. The maximum Gasteiger partial charge on any atom is 0.573 e. The summed E-state index contributed by atoms with van der Waals surface area (Å²) in [5, 5.41) is 0. The fourth-order valence-electron chi connectivity index (χ4n) is 2.10. The van der Waals surface area contributed by atoms with Crippen LogP contribution in [0, 0.1) is 5.41 Å². The number of ketones is 1. The first-order chi connectivity index (χ1) is 9.24. The van der Waals surface area contributed by atoms with Crippen molar-refractivity contribution < 1.29 is 27.4 Å². The van der Waals surface area contributed by atoms with Gasteiger partial charge < -0.3 is 15.2 Å². The molecule has 1 aromatic rings. The predicted octanol–water partition coefficient (Wildman–Crippen LogP) is 2.13. The number of para-hydroxylation sites is 1. The van der Waals surface area contributed by atoms with Crippen LogP contribution in [0.5, 0.6) is 5.75 Å². The maximum atomic E-state index is 12.5. The molecule has 110 valence electrons. The monoisotopic (exact) mass is 289 g/mol. The number of nitrogens with two attached hydrogens (primary N) is 1. The third kappa shape index (κ3) is 2.78. The van der Waals surface area contributed by atoms with Gasteiger partial charge in [0.05, 0.1) is 24.2 Å². The number of carbonyl (C=O) groups is 1. The van der Waals surface area contributed by atoms with Gasteiger partial charge in [0.15, 0.2) is 5.78 Å². The van der Waals surface area contributed by atoms with Gasteiger partial charge in [-0.15, -0.1) is 13.2 Å². The highest BCUT2D eigenvalue weighted by molar-refractivity contribution is 6.03. The van der Waals surface area contributed by atoms with E-state index in [1.165, 1.54) is 18.2 Å². The zero-order chi connectivity index (χ0) is 15.0. The average molecular weight is 289 g/mol. The maximum absolute atomic E-state index is 12.5.